The van der Waals surface area contributed by atoms with E-state index in [1.807, 2.05) is 0 Å². The summed E-state index contributed by atoms with van der Waals surface area (Å²) in [6, 6.07) is 0. The number of carbonyl (C=O) groups excluding carboxylic acids is 2. The third kappa shape index (κ3) is 9.06. The van der Waals surface area contributed by atoms with Gasteiger partial charge in [-0.3, -0.25) is 4.79 Å². The van der Waals surface area contributed by atoms with Crippen molar-refractivity contribution in [2.24, 2.45) is 0 Å². The normalized spacial score (nSPS) is 14.0. The maximum Gasteiger partial charge on any atom is 0.334 e. The van der Waals surface area contributed by atoms with E-state index in [-0.39, 0.29) is 6.42 Å². The molecular formula is C13H22N2O7. The summed E-state index contributed by atoms with van der Waals surface area (Å²) >= 11 is 0. The van der Waals surface area contributed by atoms with Gasteiger partial charge in [-0.1, -0.05) is 6.92 Å². The summed E-state index contributed by atoms with van der Waals surface area (Å²) in [6.07, 6.45) is 1.39. The quantitative estimate of drug-likeness (QED) is 0.469. The van der Waals surface area contributed by atoms with Crippen molar-refractivity contribution >= 4 is 11.9 Å². The van der Waals surface area contributed by atoms with Crippen LogP contribution in [-0.2, 0) is 19.1 Å². The number of H-pyrrole nitrogens is 1. The van der Waals surface area contributed by atoms with E-state index in [0.717, 1.165) is 0 Å². The van der Waals surface area contributed by atoms with Crippen LogP contribution in [0.1, 0.15) is 20.3 Å². The minimum Gasteiger partial charge on any atom is -0.460 e. The lowest BCUT2D eigenvalue weighted by Crippen LogP contribution is -2.39. The van der Waals surface area contributed by atoms with Crippen LogP contribution in [0, 0.1) is 0 Å². The molecule has 3 atom stereocenters. The summed E-state index contributed by atoms with van der Waals surface area (Å²) in [4.78, 5) is 28.4. The number of hydrogen-bond donors (Lipinski definition) is 4. The number of hydrogen-bond acceptors (Lipinski definition) is 8. The Kier molecular flexibility index (Phi) is 10.6. The Bertz CT molecular complexity index is 391. The van der Waals surface area contributed by atoms with E-state index in [4.69, 9.17) is 14.9 Å². The molecule has 1 aromatic heterocycles. The smallest absolute Gasteiger partial charge is 0.334 e. The van der Waals surface area contributed by atoms with Gasteiger partial charge in [-0.25, -0.2) is 9.78 Å². The SMILES string of the molecule is CCC(=O)O[C@H](COC(=O)C(C)O)[C@H](O)CO.c1c[nH]cn1. The first-order valence-electron chi connectivity index (χ1n) is 6.68. The number of aromatic nitrogens is 2. The summed E-state index contributed by atoms with van der Waals surface area (Å²) in [5.41, 5.74) is 0. The van der Waals surface area contributed by atoms with Crippen molar-refractivity contribution in [3.63, 3.8) is 0 Å². The zero-order valence-electron chi connectivity index (χ0n) is 12.5. The Morgan fingerprint density at radius 1 is 1.36 bits per heavy atom. The Hall–Kier alpha value is -1.97. The molecule has 0 spiro atoms. The largest absolute Gasteiger partial charge is 0.460 e. The highest BCUT2D eigenvalue weighted by Gasteiger charge is 2.25. The molecule has 1 rings (SSSR count). The van der Waals surface area contributed by atoms with Gasteiger partial charge >= 0.3 is 11.9 Å². The average Bonchev–Trinajstić information content (AvgIpc) is 3.09. The molecule has 1 heterocycles. The molecule has 0 saturated heterocycles. The molecule has 0 bridgehead atoms. The number of carbonyl (C=O) groups is 2. The van der Waals surface area contributed by atoms with E-state index in [9.17, 15) is 14.7 Å². The predicted molar refractivity (Wildman–Crippen MR) is 74.5 cm³/mol. The van der Waals surface area contributed by atoms with Crippen molar-refractivity contribution in [3.8, 4) is 0 Å². The lowest BCUT2D eigenvalue weighted by Gasteiger charge is -2.21. The molecule has 1 aromatic rings. The highest BCUT2D eigenvalue weighted by Crippen LogP contribution is 2.03. The van der Waals surface area contributed by atoms with Gasteiger partial charge in [0.2, 0.25) is 0 Å². The number of aliphatic hydroxyl groups excluding tert-OH is 3. The highest BCUT2D eigenvalue weighted by molar-refractivity contribution is 5.73. The Labute approximate surface area is 127 Å². The fourth-order valence-corrected chi connectivity index (χ4v) is 1.09. The van der Waals surface area contributed by atoms with Crippen LogP contribution in [0.5, 0.6) is 0 Å². The van der Waals surface area contributed by atoms with Crippen LogP contribution in [0.3, 0.4) is 0 Å². The maximum absolute atomic E-state index is 11.0. The molecule has 0 aromatic carbocycles. The van der Waals surface area contributed by atoms with Gasteiger partial charge < -0.3 is 29.8 Å². The number of nitrogens with zero attached hydrogens (tertiary/aromatic N) is 1. The maximum atomic E-state index is 11.0. The third-order valence-corrected chi connectivity index (χ3v) is 2.32. The van der Waals surface area contributed by atoms with Gasteiger partial charge in [0.15, 0.2) is 6.10 Å². The number of nitrogens with one attached hydrogen (secondary N) is 1. The molecule has 9 nitrogen and oxygen atoms in total. The number of aliphatic hydroxyl groups is 3. The molecule has 0 aliphatic rings. The summed E-state index contributed by atoms with van der Waals surface area (Å²) in [7, 11) is 0. The zero-order chi connectivity index (χ0) is 17.0. The van der Waals surface area contributed by atoms with E-state index >= 15 is 0 Å². The summed E-state index contributed by atoms with van der Waals surface area (Å²) in [5.74, 6) is -1.48. The van der Waals surface area contributed by atoms with E-state index < -0.39 is 43.5 Å². The molecule has 126 valence electrons. The molecule has 0 aliphatic heterocycles. The third-order valence-electron chi connectivity index (χ3n) is 2.32. The number of aromatic amines is 1. The lowest BCUT2D eigenvalue weighted by molar-refractivity contribution is -0.171. The van der Waals surface area contributed by atoms with Crippen molar-refractivity contribution in [1.82, 2.24) is 9.97 Å². The standard InChI is InChI=1S/C10H18O7.C3H4N2/c1-3-9(14)17-8(7(13)4-11)5-16-10(15)6(2)12;1-2-5-3-4-1/h6-8,11-13H,3-5H2,1-2H3;1-3H,(H,4,5)/t6?,7-,8-;/m1./s1. The minimum atomic E-state index is -1.34. The first kappa shape index (κ1) is 20.0. The van der Waals surface area contributed by atoms with Crippen LogP contribution in [0.25, 0.3) is 0 Å². The van der Waals surface area contributed by atoms with E-state index in [0.29, 0.717) is 0 Å². The van der Waals surface area contributed by atoms with Gasteiger partial charge in [-0.05, 0) is 6.92 Å². The summed E-state index contributed by atoms with van der Waals surface area (Å²) in [5, 5.41) is 26.9. The van der Waals surface area contributed by atoms with E-state index in [1.54, 1.807) is 25.6 Å². The second-order valence-corrected chi connectivity index (χ2v) is 4.20. The topological polar surface area (TPSA) is 142 Å². The summed E-state index contributed by atoms with van der Waals surface area (Å²) in [6.45, 7) is 1.73. The van der Waals surface area contributed by atoms with Crippen LogP contribution >= 0.6 is 0 Å². The van der Waals surface area contributed by atoms with Gasteiger partial charge in [0, 0.05) is 18.8 Å². The Balaban J connectivity index is 0.000000734. The number of imidazole rings is 1. The molecule has 0 saturated carbocycles. The van der Waals surface area contributed by atoms with Crippen LogP contribution < -0.4 is 0 Å². The van der Waals surface area contributed by atoms with Crippen LogP contribution in [-0.4, -0.2) is 68.8 Å². The van der Waals surface area contributed by atoms with Gasteiger partial charge in [-0.15, -0.1) is 0 Å². The molecule has 22 heavy (non-hydrogen) atoms. The van der Waals surface area contributed by atoms with Crippen molar-refractivity contribution in [3.05, 3.63) is 18.7 Å². The zero-order valence-corrected chi connectivity index (χ0v) is 12.5. The molecule has 0 aliphatic carbocycles. The average molecular weight is 318 g/mol. The molecule has 0 radical (unpaired) electrons. The molecule has 1 unspecified atom stereocenters. The first-order chi connectivity index (χ1) is 10.4. The van der Waals surface area contributed by atoms with Crippen molar-refractivity contribution < 1.29 is 34.4 Å². The number of ether oxygens (including phenoxy) is 2. The van der Waals surface area contributed by atoms with Crippen molar-refractivity contribution in [2.75, 3.05) is 13.2 Å². The number of esters is 2. The monoisotopic (exact) mass is 318 g/mol. The molecule has 0 fully saturated rings. The second-order valence-electron chi connectivity index (χ2n) is 4.20. The van der Waals surface area contributed by atoms with Crippen LogP contribution in [0.2, 0.25) is 0 Å². The van der Waals surface area contributed by atoms with Gasteiger partial charge in [0.1, 0.15) is 18.8 Å². The molecular weight excluding hydrogens is 296 g/mol. The van der Waals surface area contributed by atoms with Crippen molar-refractivity contribution in [1.29, 1.82) is 0 Å². The highest BCUT2D eigenvalue weighted by atomic mass is 16.6. The van der Waals surface area contributed by atoms with Crippen LogP contribution in [0.15, 0.2) is 18.7 Å². The summed E-state index contributed by atoms with van der Waals surface area (Å²) < 4.78 is 9.37. The predicted octanol–water partition coefficient (Wildman–Crippen LogP) is -1.00. The van der Waals surface area contributed by atoms with Crippen molar-refractivity contribution in [2.45, 2.75) is 38.6 Å². The Morgan fingerprint density at radius 3 is 2.41 bits per heavy atom. The molecule has 0 amide bonds. The van der Waals surface area contributed by atoms with Gasteiger partial charge in [0.25, 0.3) is 0 Å². The van der Waals surface area contributed by atoms with E-state index in [2.05, 4.69) is 14.7 Å². The number of rotatable bonds is 7. The Morgan fingerprint density at radius 2 is 2.05 bits per heavy atom. The van der Waals surface area contributed by atoms with Gasteiger partial charge in [0.05, 0.1) is 12.9 Å². The minimum absolute atomic E-state index is 0.0962. The second kappa shape index (κ2) is 11.7. The van der Waals surface area contributed by atoms with Crippen LogP contribution in [0.4, 0.5) is 0 Å². The molecule has 9 heteroatoms. The van der Waals surface area contributed by atoms with E-state index in [1.165, 1.54) is 6.92 Å². The first-order valence-corrected chi connectivity index (χ1v) is 6.68. The lowest BCUT2D eigenvalue weighted by atomic mass is 10.2. The molecule has 4 N–H and O–H groups in total. The fourth-order valence-electron chi connectivity index (χ4n) is 1.09. The fraction of sp³-hybridized carbons (Fsp3) is 0.615. The van der Waals surface area contributed by atoms with Gasteiger partial charge in [-0.2, -0.15) is 0 Å².